The first kappa shape index (κ1) is 11.2. The minimum Gasteiger partial charge on any atom is -0.391 e. The molecular formula is C15H21NO. The zero-order valence-electron chi connectivity index (χ0n) is 10.3. The van der Waals surface area contributed by atoms with Gasteiger partial charge in [0.05, 0.1) is 11.6 Å². The van der Waals surface area contributed by atoms with E-state index in [1.807, 2.05) is 0 Å². The number of hydrogen-bond donors (Lipinski definition) is 1. The van der Waals surface area contributed by atoms with Crippen LogP contribution in [0.15, 0.2) is 30.3 Å². The average molecular weight is 231 g/mol. The lowest BCUT2D eigenvalue weighted by molar-refractivity contribution is -0.00240. The molecule has 0 bridgehead atoms. The summed E-state index contributed by atoms with van der Waals surface area (Å²) < 4.78 is 0. The lowest BCUT2D eigenvalue weighted by Crippen LogP contribution is -2.49. The topological polar surface area (TPSA) is 23.5 Å². The fourth-order valence-electron chi connectivity index (χ4n) is 3.70. The second kappa shape index (κ2) is 4.43. The van der Waals surface area contributed by atoms with E-state index in [9.17, 15) is 5.11 Å². The Morgan fingerprint density at radius 2 is 1.76 bits per heavy atom. The van der Waals surface area contributed by atoms with E-state index in [1.54, 1.807) is 0 Å². The first-order chi connectivity index (χ1) is 8.34. The van der Waals surface area contributed by atoms with Crippen LogP contribution < -0.4 is 0 Å². The number of rotatable bonds is 2. The summed E-state index contributed by atoms with van der Waals surface area (Å²) in [6, 6.07) is 10.6. The van der Waals surface area contributed by atoms with E-state index in [2.05, 4.69) is 35.2 Å². The van der Waals surface area contributed by atoms with Gasteiger partial charge in [-0.2, -0.15) is 0 Å². The summed E-state index contributed by atoms with van der Waals surface area (Å²) in [5.41, 5.74) is 1.23. The van der Waals surface area contributed by atoms with E-state index in [1.165, 1.54) is 18.4 Å². The second-order valence-corrected chi connectivity index (χ2v) is 5.39. The number of likely N-dealkylation sites (tertiary alicyclic amines) is 1. The first-order valence-corrected chi connectivity index (χ1v) is 6.83. The van der Waals surface area contributed by atoms with E-state index in [0.29, 0.717) is 0 Å². The van der Waals surface area contributed by atoms with Crippen LogP contribution in [0.4, 0.5) is 0 Å². The SMILES string of the molecule is OC1CCC[C@]1(c1ccccc1)N1CCCC1. The third kappa shape index (κ3) is 1.71. The lowest BCUT2D eigenvalue weighted by atomic mass is 9.84. The van der Waals surface area contributed by atoms with Crippen molar-refractivity contribution in [1.82, 2.24) is 4.90 Å². The maximum atomic E-state index is 10.5. The summed E-state index contributed by atoms with van der Waals surface area (Å²) in [7, 11) is 0. The molecule has 1 saturated carbocycles. The van der Waals surface area contributed by atoms with Gasteiger partial charge in [0.2, 0.25) is 0 Å². The Morgan fingerprint density at radius 3 is 2.35 bits per heavy atom. The van der Waals surface area contributed by atoms with Crippen molar-refractivity contribution in [3.8, 4) is 0 Å². The Bertz CT molecular complexity index is 372. The number of aliphatic hydroxyl groups excluding tert-OH is 1. The van der Waals surface area contributed by atoms with Gasteiger partial charge >= 0.3 is 0 Å². The van der Waals surface area contributed by atoms with Gasteiger partial charge in [-0.3, -0.25) is 4.90 Å². The molecule has 1 aliphatic carbocycles. The predicted molar refractivity (Wildman–Crippen MR) is 68.8 cm³/mol. The Kier molecular flexibility index (Phi) is 2.93. The minimum absolute atomic E-state index is 0.0856. The van der Waals surface area contributed by atoms with E-state index in [4.69, 9.17) is 0 Å². The Morgan fingerprint density at radius 1 is 1.06 bits per heavy atom. The van der Waals surface area contributed by atoms with Crippen molar-refractivity contribution in [3.63, 3.8) is 0 Å². The molecule has 2 fully saturated rings. The minimum atomic E-state index is -0.192. The highest BCUT2D eigenvalue weighted by molar-refractivity contribution is 5.28. The van der Waals surface area contributed by atoms with Crippen LogP contribution in [0.3, 0.4) is 0 Å². The molecule has 92 valence electrons. The van der Waals surface area contributed by atoms with Crippen molar-refractivity contribution in [2.24, 2.45) is 0 Å². The van der Waals surface area contributed by atoms with Crippen LogP contribution >= 0.6 is 0 Å². The Balaban J connectivity index is 2.02. The van der Waals surface area contributed by atoms with E-state index < -0.39 is 0 Å². The van der Waals surface area contributed by atoms with Crippen molar-refractivity contribution in [1.29, 1.82) is 0 Å². The molecule has 1 unspecified atom stereocenters. The summed E-state index contributed by atoms with van der Waals surface area (Å²) >= 11 is 0. The normalized spacial score (nSPS) is 34.3. The highest BCUT2D eigenvalue weighted by Gasteiger charge is 2.48. The molecule has 17 heavy (non-hydrogen) atoms. The smallest absolute Gasteiger partial charge is 0.0765 e. The van der Waals surface area contributed by atoms with E-state index >= 15 is 0 Å². The van der Waals surface area contributed by atoms with E-state index in [0.717, 1.165) is 32.4 Å². The zero-order valence-corrected chi connectivity index (χ0v) is 10.3. The standard InChI is InChI=1S/C15H21NO/c17-14-9-6-10-15(14,16-11-4-5-12-16)13-7-2-1-3-8-13/h1-3,7-8,14,17H,4-6,9-12H2/t14?,15-/m1/s1. The highest BCUT2D eigenvalue weighted by Crippen LogP contribution is 2.45. The van der Waals surface area contributed by atoms with Crippen LogP contribution in [0.2, 0.25) is 0 Å². The summed E-state index contributed by atoms with van der Waals surface area (Å²) in [6.45, 7) is 2.29. The third-order valence-corrected chi connectivity index (χ3v) is 4.53. The van der Waals surface area contributed by atoms with Gasteiger partial charge in [0.25, 0.3) is 0 Å². The second-order valence-electron chi connectivity index (χ2n) is 5.39. The number of benzene rings is 1. The van der Waals surface area contributed by atoms with Gasteiger partial charge < -0.3 is 5.11 Å². The summed E-state index contributed by atoms with van der Waals surface area (Å²) in [5.74, 6) is 0. The van der Waals surface area contributed by atoms with Crippen molar-refractivity contribution in [2.75, 3.05) is 13.1 Å². The molecule has 1 aromatic carbocycles. The number of nitrogens with zero attached hydrogens (tertiary/aromatic N) is 1. The van der Waals surface area contributed by atoms with Crippen LogP contribution in [0.1, 0.15) is 37.7 Å². The molecule has 1 N–H and O–H groups in total. The number of hydrogen-bond acceptors (Lipinski definition) is 2. The van der Waals surface area contributed by atoms with Gasteiger partial charge in [0.15, 0.2) is 0 Å². The molecule has 0 spiro atoms. The molecule has 1 heterocycles. The monoisotopic (exact) mass is 231 g/mol. The average Bonchev–Trinajstić information content (AvgIpc) is 3.00. The quantitative estimate of drug-likeness (QED) is 0.845. The maximum Gasteiger partial charge on any atom is 0.0765 e. The van der Waals surface area contributed by atoms with Gasteiger partial charge in [-0.1, -0.05) is 30.3 Å². The molecule has 2 aliphatic rings. The Hall–Kier alpha value is -0.860. The van der Waals surface area contributed by atoms with Crippen molar-refractivity contribution in [3.05, 3.63) is 35.9 Å². The molecule has 0 radical (unpaired) electrons. The van der Waals surface area contributed by atoms with Crippen LogP contribution in [-0.2, 0) is 5.54 Å². The van der Waals surface area contributed by atoms with Crippen molar-refractivity contribution >= 4 is 0 Å². The summed E-state index contributed by atoms with van der Waals surface area (Å²) in [6.07, 6.45) is 5.57. The Labute approximate surface area is 103 Å². The van der Waals surface area contributed by atoms with Crippen molar-refractivity contribution in [2.45, 2.75) is 43.7 Å². The third-order valence-electron chi connectivity index (χ3n) is 4.53. The molecule has 2 atom stereocenters. The van der Waals surface area contributed by atoms with Crippen LogP contribution in [0.25, 0.3) is 0 Å². The molecule has 0 aromatic heterocycles. The largest absolute Gasteiger partial charge is 0.391 e. The van der Waals surface area contributed by atoms with E-state index in [-0.39, 0.29) is 11.6 Å². The van der Waals surface area contributed by atoms with Crippen LogP contribution in [0.5, 0.6) is 0 Å². The number of aliphatic hydroxyl groups is 1. The molecule has 1 aromatic rings. The molecule has 0 amide bonds. The lowest BCUT2D eigenvalue weighted by Gasteiger charge is -2.42. The molecule has 1 saturated heterocycles. The summed E-state index contributed by atoms with van der Waals surface area (Å²) in [5, 5.41) is 10.5. The first-order valence-electron chi connectivity index (χ1n) is 6.83. The van der Waals surface area contributed by atoms with Gasteiger partial charge in [-0.15, -0.1) is 0 Å². The molecule has 1 aliphatic heterocycles. The summed E-state index contributed by atoms with van der Waals surface area (Å²) in [4.78, 5) is 2.53. The van der Waals surface area contributed by atoms with Gasteiger partial charge in [-0.05, 0) is 50.8 Å². The molecular weight excluding hydrogens is 210 g/mol. The predicted octanol–water partition coefficient (Wildman–Crippen LogP) is 2.52. The fraction of sp³-hybridized carbons (Fsp3) is 0.600. The highest BCUT2D eigenvalue weighted by atomic mass is 16.3. The zero-order chi connectivity index (χ0) is 11.7. The molecule has 2 heteroatoms. The fourth-order valence-corrected chi connectivity index (χ4v) is 3.70. The van der Waals surface area contributed by atoms with Gasteiger partial charge in [0, 0.05) is 0 Å². The van der Waals surface area contributed by atoms with Crippen molar-refractivity contribution < 1.29 is 5.11 Å². The van der Waals surface area contributed by atoms with Crippen LogP contribution in [0, 0.1) is 0 Å². The molecule has 3 rings (SSSR count). The van der Waals surface area contributed by atoms with Crippen LogP contribution in [-0.4, -0.2) is 29.2 Å². The van der Waals surface area contributed by atoms with Gasteiger partial charge in [0.1, 0.15) is 0 Å². The maximum absolute atomic E-state index is 10.5. The van der Waals surface area contributed by atoms with Gasteiger partial charge in [-0.25, -0.2) is 0 Å². The molecule has 2 nitrogen and oxygen atoms in total.